The van der Waals surface area contributed by atoms with Gasteiger partial charge in [-0.2, -0.15) is 0 Å². The van der Waals surface area contributed by atoms with E-state index in [1.807, 2.05) is 30.0 Å². The lowest BCUT2D eigenvalue weighted by molar-refractivity contribution is 0.0746. The third-order valence-electron chi connectivity index (χ3n) is 5.33. The van der Waals surface area contributed by atoms with Gasteiger partial charge in [0, 0.05) is 44.0 Å². The molecule has 1 aromatic carbocycles. The number of hydrogen-bond acceptors (Lipinski definition) is 8. The molecule has 0 unspecified atom stereocenters. The van der Waals surface area contributed by atoms with Gasteiger partial charge in [0.25, 0.3) is 5.91 Å². The van der Waals surface area contributed by atoms with E-state index in [0.29, 0.717) is 49.1 Å². The zero-order chi connectivity index (χ0) is 21.2. The number of carbonyl (C=O) groups excluding carboxylic acids is 1. The minimum absolute atomic E-state index is 0.00600. The highest BCUT2D eigenvalue weighted by Crippen LogP contribution is 2.33. The molecule has 9 nitrogen and oxygen atoms in total. The molecule has 1 amide bonds. The molecule has 0 bridgehead atoms. The molecular weight excluding hydrogens is 396 g/mol. The molecule has 0 aliphatic carbocycles. The van der Waals surface area contributed by atoms with Gasteiger partial charge in [0.05, 0.1) is 0 Å². The van der Waals surface area contributed by atoms with Crippen molar-refractivity contribution in [2.75, 3.05) is 43.2 Å². The van der Waals surface area contributed by atoms with Crippen molar-refractivity contribution in [2.45, 2.75) is 6.92 Å². The van der Waals surface area contributed by atoms with Crippen molar-refractivity contribution in [2.24, 2.45) is 0 Å². The van der Waals surface area contributed by atoms with Crippen molar-refractivity contribution in [1.82, 2.24) is 19.9 Å². The zero-order valence-corrected chi connectivity index (χ0v) is 17.1. The highest BCUT2D eigenvalue weighted by molar-refractivity contribution is 5.95. The van der Waals surface area contributed by atoms with E-state index < -0.39 is 0 Å². The summed E-state index contributed by atoms with van der Waals surface area (Å²) in [6.07, 6.45) is 3.30. The molecule has 0 saturated carbocycles. The predicted molar refractivity (Wildman–Crippen MR) is 115 cm³/mol. The fourth-order valence-corrected chi connectivity index (χ4v) is 3.67. The molecule has 2 aromatic heterocycles. The van der Waals surface area contributed by atoms with Crippen molar-refractivity contribution in [3.8, 4) is 11.5 Å². The normalized spacial score (nSPS) is 15.1. The van der Waals surface area contributed by atoms with Gasteiger partial charge in [-0.1, -0.05) is 0 Å². The number of benzene rings is 1. The molecule has 0 spiro atoms. The van der Waals surface area contributed by atoms with E-state index in [9.17, 15) is 4.79 Å². The Morgan fingerprint density at radius 1 is 0.935 bits per heavy atom. The van der Waals surface area contributed by atoms with E-state index in [1.165, 1.54) is 6.33 Å². The van der Waals surface area contributed by atoms with Crippen LogP contribution in [-0.2, 0) is 0 Å². The molecule has 2 aliphatic rings. The average Bonchev–Trinajstić information content (AvgIpc) is 3.27. The molecule has 158 valence electrons. The van der Waals surface area contributed by atoms with E-state index in [0.717, 1.165) is 17.2 Å². The van der Waals surface area contributed by atoms with Crippen LogP contribution in [0.3, 0.4) is 0 Å². The Bertz CT molecular complexity index is 1110. The first-order valence-electron chi connectivity index (χ1n) is 10.1. The summed E-state index contributed by atoms with van der Waals surface area (Å²) in [5, 5.41) is 3.22. The van der Waals surface area contributed by atoms with Gasteiger partial charge in [0.2, 0.25) is 6.79 Å². The van der Waals surface area contributed by atoms with E-state index >= 15 is 0 Å². The van der Waals surface area contributed by atoms with E-state index in [-0.39, 0.29) is 12.7 Å². The number of fused-ring (bicyclic) bond motifs is 1. The quantitative estimate of drug-likeness (QED) is 0.691. The number of carbonyl (C=O) groups is 1. The summed E-state index contributed by atoms with van der Waals surface area (Å²) in [5.74, 6) is 3.53. The van der Waals surface area contributed by atoms with Crippen LogP contribution in [0.25, 0.3) is 0 Å². The molecule has 31 heavy (non-hydrogen) atoms. The van der Waals surface area contributed by atoms with Crippen LogP contribution in [0.1, 0.15) is 15.9 Å². The number of amides is 1. The Hall–Kier alpha value is -3.88. The molecular formula is C22H22N6O3. The maximum absolute atomic E-state index is 12.9. The van der Waals surface area contributed by atoms with Gasteiger partial charge in [0.15, 0.2) is 11.5 Å². The topological polar surface area (TPSA) is 92.7 Å². The van der Waals surface area contributed by atoms with Gasteiger partial charge >= 0.3 is 0 Å². The molecule has 5 rings (SSSR count). The Balaban J connectivity index is 1.23. The summed E-state index contributed by atoms with van der Waals surface area (Å²) in [6.45, 7) is 4.81. The van der Waals surface area contributed by atoms with Gasteiger partial charge in [0.1, 0.15) is 23.8 Å². The predicted octanol–water partition coefficient (Wildman–Crippen LogP) is 2.61. The number of aryl methyl sites for hydroxylation is 1. The third kappa shape index (κ3) is 4.07. The van der Waals surface area contributed by atoms with Crippen LogP contribution in [-0.4, -0.2) is 58.7 Å². The van der Waals surface area contributed by atoms with Gasteiger partial charge in [-0.3, -0.25) is 4.79 Å². The molecule has 0 atom stereocenters. The molecule has 0 radical (unpaired) electrons. The highest BCUT2D eigenvalue weighted by Gasteiger charge is 2.25. The molecule has 3 aromatic rings. The van der Waals surface area contributed by atoms with Gasteiger partial charge in [-0.25, -0.2) is 15.0 Å². The van der Waals surface area contributed by atoms with Crippen LogP contribution in [0.5, 0.6) is 11.5 Å². The number of pyridine rings is 1. The zero-order valence-electron chi connectivity index (χ0n) is 17.1. The Morgan fingerprint density at radius 2 is 1.74 bits per heavy atom. The van der Waals surface area contributed by atoms with Crippen LogP contribution in [0, 0.1) is 6.92 Å². The Kier molecular flexibility index (Phi) is 4.99. The summed E-state index contributed by atoms with van der Waals surface area (Å²) < 4.78 is 10.7. The summed E-state index contributed by atoms with van der Waals surface area (Å²) in [5.41, 5.74) is 1.73. The molecule has 1 fully saturated rings. The fraction of sp³-hybridized carbons (Fsp3) is 0.273. The molecule has 2 aliphatic heterocycles. The monoisotopic (exact) mass is 418 g/mol. The second kappa shape index (κ2) is 8.10. The van der Waals surface area contributed by atoms with E-state index in [2.05, 4.69) is 25.2 Å². The van der Waals surface area contributed by atoms with Crippen LogP contribution >= 0.6 is 0 Å². The third-order valence-corrected chi connectivity index (χ3v) is 5.33. The average molecular weight is 418 g/mol. The first-order chi connectivity index (χ1) is 15.2. The van der Waals surface area contributed by atoms with Gasteiger partial charge < -0.3 is 24.6 Å². The molecule has 9 heteroatoms. The number of hydrogen-bond donors (Lipinski definition) is 1. The smallest absolute Gasteiger partial charge is 0.254 e. The highest BCUT2D eigenvalue weighted by atomic mass is 16.7. The Morgan fingerprint density at radius 3 is 2.58 bits per heavy atom. The van der Waals surface area contributed by atoms with Gasteiger partial charge in [-0.05, 0) is 42.8 Å². The summed E-state index contributed by atoms with van der Waals surface area (Å²) in [6, 6.07) is 11.1. The molecule has 4 heterocycles. The second-order valence-corrected chi connectivity index (χ2v) is 7.45. The fourth-order valence-electron chi connectivity index (χ4n) is 3.67. The van der Waals surface area contributed by atoms with Crippen LogP contribution in [0.2, 0.25) is 0 Å². The number of piperazine rings is 1. The van der Waals surface area contributed by atoms with Crippen molar-refractivity contribution in [1.29, 1.82) is 0 Å². The van der Waals surface area contributed by atoms with Crippen molar-refractivity contribution in [3.63, 3.8) is 0 Å². The van der Waals surface area contributed by atoms with Gasteiger partial charge in [-0.15, -0.1) is 0 Å². The number of rotatable bonds is 4. The second-order valence-electron chi connectivity index (χ2n) is 7.45. The standard InChI is InChI=1S/C22H22N6O3/c1-15-4-5-23-19(10-15)26-20-12-21(25-13-24-20)27-6-8-28(9-7-27)22(29)16-2-3-17-18(11-16)31-14-30-17/h2-5,10-13H,6-9,14H2,1H3,(H,23,24,25,26). The maximum atomic E-state index is 12.9. The van der Waals surface area contributed by atoms with E-state index in [1.54, 1.807) is 24.4 Å². The Labute approximate surface area is 179 Å². The summed E-state index contributed by atoms with van der Waals surface area (Å²) in [7, 11) is 0. The molecule has 1 N–H and O–H groups in total. The number of nitrogens with zero attached hydrogens (tertiary/aromatic N) is 5. The summed E-state index contributed by atoms with van der Waals surface area (Å²) in [4.78, 5) is 29.9. The first-order valence-corrected chi connectivity index (χ1v) is 10.1. The number of aromatic nitrogens is 3. The minimum Gasteiger partial charge on any atom is -0.454 e. The van der Waals surface area contributed by atoms with E-state index in [4.69, 9.17) is 9.47 Å². The van der Waals surface area contributed by atoms with Crippen LogP contribution in [0.4, 0.5) is 17.5 Å². The van der Waals surface area contributed by atoms with Crippen molar-refractivity contribution in [3.05, 3.63) is 60.0 Å². The van der Waals surface area contributed by atoms with Crippen LogP contribution in [0.15, 0.2) is 48.9 Å². The lowest BCUT2D eigenvalue weighted by Crippen LogP contribution is -2.49. The largest absolute Gasteiger partial charge is 0.454 e. The SMILES string of the molecule is Cc1ccnc(Nc2cc(N3CCN(C(=O)c4ccc5c(c4)OCO5)CC3)ncn2)c1. The maximum Gasteiger partial charge on any atom is 0.254 e. The molecule has 1 saturated heterocycles. The lowest BCUT2D eigenvalue weighted by Gasteiger charge is -2.35. The number of ether oxygens (including phenoxy) is 2. The number of anilines is 3. The van der Waals surface area contributed by atoms with Crippen molar-refractivity contribution < 1.29 is 14.3 Å². The minimum atomic E-state index is -0.00600. The summed E-state index contributed by atoms with van der Waals surface area (Å²) >= 11 is 0. The van der Waals surface area contributed by atoms with Crippen LogP contribution < -0.4 is 19.7 Å². The lowest BCUT2D eigenvalue weighted by atomic mass is 10.1. The number of nitrogens with one attached hydrogen (secondary N) is 1. The first kappa shape index (κ1) is 19.1. The van der Waals surface area contributed by atoms with Crippen molar-refractivity contribution >= 4 is 23.4 Å².